The summed E-state index contributed by atoms with van der Waals surface area (Å²) in [6.45, 7) is 6.52. The van der Waals surface area contributed by atoms with E-state index in [1.54, 1.807) is 6.92 Å². The van der Waals surface area contributed by atoms with E-state index in [0.717, 1.165) is 28.5 Å². The number of fused-ring (bicyclic) bond motifs is 1. The van der Waals surface area contributed by atoms with Gasteiger partial charge in [0.1, 0.15) is 17.3 Å². The van der Waals surface area contributed by atoms with Gasteiger partial charge >= 0.3 is 0 Å². The first-order valence-electron chi connectivity index (χ1n) is 6.25. The zero-order valence-corrected chi connectivity index (χ0v) is 12.9. The lowest BCUT2D eigenvalue weighted by molar-refractivity contribution is 0.578. The summed E-state index contributed by atoms with van der Waals surface area (Å²) in [5, 5.41) is 0.840. The third-order valence-electron chi connectivity index (χ3n) is 3.31. The molecule has 0 saturated heterocycles. The first-order valence-corrected chi connectivity index (χ1v) is 8.14. The van der Waals surface area contributed by atoms with E-state index in [0.29, 0.717) is 24.7 Å². The molecule has 0 saturated carbocycles. The summed E-state index contributed by atoms with van der Waals surface area (Å²) in [4.78, 5) is 8.61. The van der Waals surface area contributed by atoms with Crippen LogP contribution in [0.2, 0.25) is 0 Å². The Kier molecular flexibility index (Phi) is 3.70. The maximum absolute atomic E-state index is 11.1. The fraction of sp³-hybridized carbons (Fsp3) is 0.500. The van der Waals surface area contributed by atoms with Crippen LogP contribution in [0.3, 0.4) is 0 Å². The summed E-state index contributed by atoms with van der Waals surface area (Å²) < 4.78 is 26.7. The maximum Gasteiger partial charge on any atom is 0.208 e. The molecule has 7 nitrogen and oxygen atoms in total. The molecule has 0 bridgehead atoms. The molecule has 2 aromatic heterocycles. The van der Waals surface area contributed by atoms with Gasteiger partial charge in [-0.05, 0) is 26.3 Å². The van der Waals surface area contributed by atoms with Crippen LogP contribution in [0.4, 0.5) is 5.82 Å². The molecule has 20 heavy (non-hydrogen) atoms. The van der Waals surface area contributed by atoms with Crippen molar-refractivity contribution < 1.29 is 8.42 Å². The van der Waals surface area contributed by atoms with E-state index in [1.165, 1.54) is 0 Å². The molecular formula is C12H19N5O2S. The summed E-state index contributed by atoms with van der Waals surface area (Å²) in [6, 6.07) is 0. The van der Waals surface area contributed by atoms with E-state index >= 15 is 0 Å². The zero-order chi connectivity index (χ0) is 15.1. The number of sulfonamides is 1. The van der Waals surface area contributed by atoms with Crippen LogP contribution in [-0.2, 0) is 16.6 Å². The van der Waals surface area contributed by atoms with Crippen molar-refractivity contribution in [1.29, 1.82) is 0 Å². The maximum atomic E-state index is 11.1. The lowest BCUT2D eigenvalue weighted by Crippen LogP contribution is -2.26. The molecule has 2 aromatic rings. The Labute approximate surface area is 118 Å². The number of nitrogens with zero attached hydrogens (tertiary/aromatic N) is 3. The predicted octanol–water partition coefficient (Wildman–Crippen LogP) is 0.488. The molecule has 0 atom stereocenters. The van der Waals surface area contributed by atoms with Crippen molar-refractivity contribution in [1.82, 2.24) is 19.3 Å². The number of nitrogens with one attached hydrogen (secondary N) is 1. The molecule has 0 amide bonds. The third kappa shape index (κ3) is 2.75. The van der Waals surface area contributed by atoms with Crippen molar-refractivity contribution in [2.24, 2.45) is 0 Å². The Morgan fingerprint density at radius 2 is 1.90 bits per heavy atom. The summed E-state index contributed by atoms with van der Waals surface area (Å²) in [6.07, 6.45) is 1.14. The normalized spacial score (nSPS) is 12.2. The smallest absolute Gasteiger partial charge is 0.208 e. The van der Waals surface area contributed by atoms with Gasteiger partial charge in [0.05, 0.1) is 11.6 Å². The van der Waals surface area contributed by atoms with E-state index < -0.39 is 10.0 Å². The van der Waals surface area contributed by atoms with Crippen molar-refractivity contribution >= 4 is 26.9 Å². The number of aromatic nitrogens is 3. The highest BCUT2D eigenvalue weighted by Crippen LogP contribution is 2.27. The van der Waals surface area contributed by atoms with Gasteiger partial charge in [0.15, 0.2) is 0 Å². The molecule has 0 aliphatic rings. The highest BCUT2D eigenvalue weighted by molar-refractivity contribution is 7.88. The minimum absolute atomic E-state index is 0.311. The SMILES string of the molecule is Cc1nc(N)c2c(C)c(C)n(CCNS(C)(=O)=O)c2n1. The monoisotopic (exact) mass is 297 g/mol. The second-order valence-electron chi connectivity index (χ2n) is 4.88. The Balaban J connectivity index is 2.45. The van der Waals surface area contributed by atoms with E-state index in [2.05, 4.69) is 14.7 Å². The van der Waals surface area contributed by atoms with Crippen molar-refractivity contribution in [3.63, 3.8) is 0 Å². The minimum atomic E-state index is -3.19. The number of rotatable bonds is 4. The van der Waals surface area contributed by atoms with Crippen LogP contribution in [0.5, 0.6) is 0 Å². The fourth-order valence-corrected chi connectivity index (χ4v) is 2.75. The number of hydrogen-bond acceptors (Lipinski definition) is 5. The third-order valence-corrected chi connectivity index (χ3v) is 4.04. The summed E-state index contributed by atoms with van der Waals surface area (Å²) >= 11 is 0. The van der Waals surface area contributed by atoms with Gasteiger partial charge in [0.2, 0.25) is 10.0 Å². The van der Waals surface area contributed by atoms with Crippen LogP contribution < -0.4 is 10.5 Å². The predicted molar refractivity (Wildman–Crippen MR) is 79.0 cm³/mol. The molecule has 0 aliphatic carbocycles. The molecule has 8 heteroatoms. The quantitative estimate of drug-likeness (QED) is 0.855. The first-order chi connectivity index (χ1) is 9.20. The first kappa shape index (κ1) is 14.7. The van der Waals surface area contributed by atoms with Gasteiger partial charge in [0, 0.05) is 18.8 Å². The zero-order valence-electron chi connectivity index (χ0n) is 12.1. The van der Waals surface area contributed by atoms with Crippen molar-refractivity contribution in [3.05, 3.63) is 17.1 Å². The van der Waals surface area contributed by atoms with Crippen molar-refractivity contribution in [2.75, 3.05) is 18.5 Å². The number of nitrogen functional groups attached to an aromatic ring is 1. The van der Waals surface area contributed by atoms with E-state index in [9.17, 15) is 8.42 Å². The summed E-state index contributed by atoms with van der Waals surface area (Å²) in [7, 11) is -3.19. The van der Waals surface area contributed by atoms with Crippen LogP contribution >= 0.6 is 0 Å². The van der Waals surface area contributed by atoms with Crippen LogP contribution in [-0.4, -0.2) is 35.8 Å². The van der Waals surface area contributed by atoms with Gasteiger partial charge in [-0.1, -0.05) is 0 Å². The molecule has 0 unspecified atom stereocenters. The molecule has 0 aliphatic heterocycles. The molecule has 0 aromatic carbocycles. The topological polar surface area (TPSA) is 103 Å². The molecular weight excluding hydrogens is 278 g/mol. The number of anilines is 1. The second kappa shape index (κ2) is 5.02. The van der Waals surface area contributed by atoms with Gasteiger partial charge < -0.3 is 10.3 Å². The van der Waals surface area contributed by atoms with Gasteiger partial charge in [-0.15, -0.1) is 0 Å². The Morgan fingerprint density at radius 1 is 1.25 bits per heavy atom. The molecule has 3 N–H and O–H groups in total. The van der Waals surface area contributed by atoms with Gasteiger partial charge in [0.25, 0.3) is 0 Å². The van der Waals surface area contributed by atoms with E-state index in [-0.39, 0.29) is 0 Å². The standard InChI is InChI=1S/C12H19N5O2S/c1-7-8(2)17(6-5-14-20(4,18)19)12-10(7)11(13)15-9(3)16-12/h14H,5-6H2,1-4H3,(H2,13,15,16). The van der Waals surface area contributed by atoms with E-state index in [4.69, 9.17) is 5.73 Å². The fourth-order valence-electron chi connectivity index (χ4n) is 2.29. The number of nitrogens with two attached hydrogens (primary N) is 1. The molecule has 0 fully saturated rings. The molecule has 0 spiro atoms. The Morgan fingerprint density at radius 3 is 2.50 bits per heavy atom. The van der Waals surface area contributed by atoms with Gasteiger partial charge in [-0.25, -0.2) is 23.1 Å². The highest BCUT2D eigenvalue weighted by atomic mass is 32.2. The van der Waals surface area contributed by atoms with E-state index in [1.807, 2.05) is 18.4 Å². The largest absolute Gasteiger partial charge is 0.383 e. The molecule has 2 heterocycles. The second-order valence-corrected chi connectivity index (χ2v) is 6.72. The number of hydrogen-bond donors (Lipinski definition) is 2. The lowest BCUT2D eigenvalue weighted by Gasteiger charge is -2.08. The summed E-state index contributed by atoms with van der Waals surface area (Å²) in [5.74, 6) is 1.06. The van der Waals surface area contributed by atoms with Gasteiger partial charge in [-0.3, -0.25) is 0 Å². The molecule has 110 valence electrons. The molecule has 2 rings (SSSR count). The van der Waals surface area contributed by atoms with Crippen LogP contribution in [0.15, 0.2) is 0 Å². The van der Waals surface area contributed by atoms with Crippen LogP contribution in [0, 0.1) is 20.8 Å². The Hall–Kier alpha value is -1.67. The lowest BCUT2D eigenvalue weighted by atomic mass is 10.2. The Bertz CT molecular complexity index is 764. The van der Waals surface area contributed by atoms with Crippen molar-refractivity contribution in [3.8, 4) is 0 Å². The van der Waals surface area contributed by atoms with Crippen LogP contribution in [0.1, 0.15) is 17.1 Å². The van der Waals surface area contributed by atoms with Crippen molar-refractivity contribution in [2.45, 2.75) is 27.3 Å². The van der Waals surface area contributed by atoms with Gasteiger partial charge in [-0.2, -0.15) is 0 Å². The number of aryl methyl sites for hydroxylation is 2. The van der Waals surface area contributed by atoms with Crippen LogP contribution in [0.25, 0.3) is 11.0 Å². The summed E-state index contributed by atoms with van der Waals surface area (Å²) in [5.41, 5.74) is 8.75. The average molecular weight is 297 g/mol. The minimum Gasteiger partial charge on any atom is -0.383 e. The highest BCUT2D eigenvalue weighted by Gasteiger charge is 2.16. The molecule has 0 radical (unpaired) electrons. The average Bonchev–Trinajstić information content (AvgIpc) is 2.52.